The van der Waals surface area contributed by atoms with E-state index in [2.05, 4.69) is 26.1 Å². The van der Waals surface area contributed by atoms with Gasteiger partial charge in [0.05, 0.1) is 13.2 Å². The summed E-state index contributed by atoms with van der Waals surface area (Å²) < 4.78 is 5.37. The summed E-state index contributed by atoms with van der Waals surface area (Å²) in [6.07, 6.45) is 0.385. The Labute approximate surface area is 139 Å². The third-order valence-electron chi connectivity index (χ3n) is 3.85. The molecule has 1 rings (SSSR count). The van der Waals surface area contributed by atoms with Crippen molar-refractivity contribution in [1.29, 1.82) is 0 Å². The molecule has 0 saturated heterocycles. The zero-order valence-corrected chi connectivity index (χ0v) is 14.9. The van der Waals surface area contributed by atoms with E-state index in [0.29, 0.717) is 19.6 Å². The molecule has 0 aliphatic carbocycles. The molecular formula is C18H30N2O3. The highest BCUT2D eigenvalue weighted by Gasteiger charge is 2.27. The molecule has 1 atom stereocenters. The summed E-state index contributed by atoms with van der Waals surface area (Å²) in [5.41, 5.74) is 0.727. The molecule has 5 heteroatoms. The number of aliphatic hydroxyl groups excluding tert-OH is 1. The summed E-state index contributed by atoms with van der Waals surface area (Å²) in [4.78, 5) is 14.1. The van der Waals surface area contributed by atoms with Crippen LogP contribution in [0.1, 0.15) is 34.1 Å². The largest absolute Gasteiger partial charge is 0.494 e. The lowest BCUT2D eigenvalue weighted by atomic mass is 9.86. The molecule has 5 nitrogen and oxygen atoms in total. The van der Waals surface area contributed by atoms with Gasteiger partial charge in [0.2, 0.25) is 5.91 Å². The number of benzene rings is 1. The molecule has 0 heterocycles. The summed E-state index contributed by atoms with van der Waals surface area (Å²) >= 11 is 0. The van der Waals surface area contributed by atoms with Crippen LogP contribution in [0.4, 0.5) is 5.69 Å². The van der Waals surface area contributed by atoms with Crippen molar-refractivity contribution in [1.82, 2.24) is 4.90 Å². The molecule has 1 unspecified atom stereocenters. The lowest BCUT2D eigenvalue weighted by molar-refractivity contribution is -0.116. The van der Waals surface area contributed by atoms with Crippen LogP contribution in [0.3, 0.4) is 0 Å². The highest BCUT2D eigenvalue weighted by molar-refractivity contribution is 5.90. The predicted octanol–water partition coefficient (Wildman–Crippen LogP) is 2.75. The third-order valence-corrected chi connectivity index (χ3v) is 3.85. The zero-order valence-electron chi connectivity index (χ0n) is 14.9. The molecule has 23 heavy (non-hydrogen) atoms. The smallest absolute Gasteiger partial charge is 0.225 e. The van der Waals surface area contributed by atoms with Gasteiger partial charge in [0.1, 0.15) is 5.75 Å². The fourth-order valence-corrected chi connectivity index (χ4v) is 2.53. The number of ether oxygens (including phenoxy) is 1. The van der Waals surface area contributed by atoms with Gasteiger partial charge in [-0.15, -0.1) is 0 Å². The number of aliphatic hydroxyl groups is 1. The van der Waals surface area contributed by atoms with Gasteiger partial charge >= 0.3 is 0 Å². The Morgan fingerprint density at radius 2 is 1.91 bits per heavy atom. The number of carbonyl (C=O) groups is 1. The van der Waals surface area contributed by atoms with Crippen molar-refractivity contribution in [2.45, 2.75) is 40.2 Å². The van der Waals surface area contributed by atoms with E-state index in [1.807, 2.05) is 43.1 Å². The zero-order chi connectivity index (χ0) is 17.5. The average molecular weight is 322 g/mol. The predicted molar refractivity (Wildman–Crippen MR) is 93.8 cm³/mol. The second kappa shape index (κ2) is 8.89. The maximum atomic E-state index is 12.1. The van der Waals surface area contributed by atoms with Gasteiger partial charge in [-0.3, -0.25) is 4.79 Å². The molecule has 0 bridgehead atoms. The molecule has 0 radical (unpaired) electrons. The van der Waals surface area contributed by atoms with Crippen LogP contribution in [0, 0.1) is 5.41 Å². The SMILES string of the molecule is CCOc1ccc(NC(=O)CCN(C)C(CO)C(C)(C)C)cc1. The van der Waals surface area contributed by atoms with Gasteiger partial charge in [0, 0.05) is 24.7 Å². The average Bonchev–Trinajstić information content (AvgIpc) is 2.47. The van der Waals surface area contributed by atoms with Crippen LogP contribution in [0.15, 0.2) is 24.3 Å². The van der Waals surface area contributed by atoms with Crippen LogP contribution in [0.5, 0.6) is 5.75 Å². The molecule has 0 saturated carbocycles. The fraction of sp³-hybridized carbons (Fsp3) is 0.611. The first-order valence-corrected chi connectivity index (χ1v) is 8.11. The van der Waals surface area contributed by atoms with Gasteiger partial charge in [-0.25, -0.2) is 0 Å². The third kappa shape index (κ3) is 6.59. The van der Waals surface area contributed by atoms with Crippen molar-refractivity contribution in [2.75, 3.05) is 32.1 Å². The summed E-state index contributed by atoms with van der Waals surface area (Å²) in [7, 11) is 1.94. The van der Waals surface area contributed by atoms with E-state index in [1.54, 1.807) is 0 Å². The molecule has 0 aliphatic heterocycles. The van der Waals surface area contributed by atoms with E-state index < -0.39 is 0 Å². The molecule has 0 spiro atoms. The molecule has 130 valence electrons. The van der Waals surface area contributed by atoms with Crippen LogP contribution in [0.2, 0.25) is 0 Å². The fourth-order valence-electron chi connectivity index (χ4n) is 2.53. The van der Waals surface area contributed by atoms with Crippen LogP contribution < -0.4 is 10.1 Å². The molecule has 1 aromatic carbocycles. The van der Waals surface area contributed by atoms with Gasteiger partial charge in [-0.1, -0.05) is 20.8 Å². The molecule has 1 aromatic rings. The van der Waals surface area contributed by atoms with Crippen molar-refractivity contribution >= 4 is 11.6 Å². The minimum atomic E-state index is -0.0355. The first-order chi connectivity index (χ1) is 10.8. The van der Waals surface area contributed by atoms with Gasteiger partial charge < -0.3 is 20.1 Å². The molecule has 0 fully saturated rings. The lowest BCUT2D eigenvalue weighted by Crippen LogP contribution is -2.45. The van der Waals surface area contributed by atoms with E-state index in [0.717, 1.165) is 11.4 Å². The Morgan fingerprint density at radius 1 is 1.30 bits per heavy atom. The van der Waals surface area contributed by atoms with Crippen molar-refractivity contribution in [3.63, 3.8) is 0 Å². The van der Waals surface area contributed by atoms with Gasteiger partial charge in [0.15, 0.2) is 0 Å². The summed E-state index contributed by atoms with van der Waals surface area (Å²) in [5, 5.41) is 12.4. The van der Waals surface area contributed by atoms with Crippen molar-refractivity contribution in [3.05, 3.63) is 24.3 Å². The molecule has 0 aliphatic rings. The van der Waals surface area contributed by atoms with Crippen molar-refractivity contribution in [2.24, 2.45) is 5.41 Å². The van der Waals surface area contributed by atoms with Crippen molar-refractivity contribution in [3.8, 4) is 5.75 Å². The highest BCUT2D eigenvalue weighted by Crippen LogP contribution is 2.23. The Bertz CT molecular complexity index is 480. The summed E-state index contributed by atoms with van der Waals surface area (Å²) in [6, 6.07) is 7.37. The second-order valence-corrected chi connectivity index (χ2v) is 6.80. The van der Waals surface area contributed by atoms with Crippen molar-refractivity contribution < 1.29 is 14.6 Å². The number of hydrogen-bond acceptors (Lipinski definition) is 4. The maximum Gasteiger partial charge on any atom is 0.225 e. The number of anilines is 1. The normalized spacial score (nSPS) is 13.0. The van der Waals surface area contributed by atoms with Gasteiger partial charge in [-0.2, -0.15) is 0 Å². The van der Waals surface area contributed by atoms with Crippen LogP contribution in [-0.4, -0.2) is 48.8 Å². The minimum Gasteiger partial charge on any atom is -0.494 e. The summed E-state index contributed by atoms with van der Waals surface area (Å²) in [6.45, 7) is 9.51. The number of nitrogens with zero attached hydrogens (tertiary/aromatic N) is 1. The number of amides is 1. The van der Waals surface area contributed by atoms with Gasteiger partial charge in [0.25, 0.3) is 0 Å². The molecular weight excluding hydrogens is 292 g/mol. The number of carbonyl (C=O) groups excluding carboxylic acids is 1. The minimum absolute atomic E-state index is 0.0285. The van der Waals surface area contributed by atoms with Crippen LogP contribution >= 0.6 is 0 Å². The number of rotatable bonds is 8. The molecule has 0 aromatic heterocycles. The Balaban J connectivity index is 2.47. The van der Waals surface area contributed by atoms with E-state index in [9.17, 15) is 9.90 Å². The monoisotopic (exact) mass is 322 g/mol. The standard InChI is InChI=1S/C18H30N2O3/c1-6-23-15-9-7-14(8-10-15)19-17(22)11-12-20(5)16(13-21)18(2,3)4/h7-10,16,21H,6,11-13H2,1-5H3,(H,19,22). The molecule has 1 amide bonds. The van der Waals surface area contributed by atoms with E-state index in [1.165, 1.54) is 0 Å². The maximum absolute atomic E-state index is 12.1. The number of nitrogens with one attached hydrogen (secondary N) is 1. The second-order valence-electron chi connectivity index (χ2n) is 6.80. The quantitative estimate of drug-likeness (QED) is 0.772. The first kappa shape index (κ1) is 19.5. The van der Waals surface area contributed by atoms with Crippen LogP contribution in [-0.2, 0) is 4.79 Å². The van der Waals surface area contributed by atoms with E-state index in [4.69, 9.17) is 4.74 Å². The van der Waals surface area contributed by atoms with E-state index >= 15 is 0 Å². The first-order valence-electron chi connectivity index (χ1n) is 8.11. The van der Waals surface area contributed by atoms with Gasteiger partial charge in [-0.05, 0) is 43.7 Å². The highest BCUT2D eigenvalue weighted by atomic mass is 16.5. The summed E-state index contributed by atoms with van der Waals surface area (Å²) in [5.74, 6) is 0.757. The Kier molecular flexibility index (Phi) is 7.52. The Morgan fingerprint density at radius 3 is 2.39 bits per heavy atom. The number of likely N-dealkylation sites (N-methyl/N-ethyl adjacent to an activating group) is 1. The lowest BCUT2D eigenvalue weighted by Gasteiger charge is -2.36. The van der Waals surface area contributed by atoms with E-state index in [-0.39, 0.29) is 24.0 Å². The number of hydrogen-bond donors (Lipinski definition) is 2. The van der Waals surface area contributed by atoms with Crippen LogP contribution in [0.25, 0.3) is 0 Å². The topological polar surface area (TPSA) is 61.8 Å². The Hall–Kier alpha value is -1.59. The molecule has 2 N–H and O–H groups in total.